The molecule has 4 rings (SSSR count). The molecular weight excluding hydrogens is 334 g/mol. The van der Waals surface area contributed by atoms with Crippen LogP contribution >= 0.6 is 11.8 Å². The van der Waals surface area contributed by atoms with Crippen molar-refractivity contribution in [2.45, 2.75) is 10.6 Å². The molecule has 0 fully saturated rings. The Morgan fingerprint density at radius 3 is 2.79 bits per heavy atom. The Morgan fingerprint density at radius 1 is 1.12 bits per heavy atom. The number of hydrogen-bond donors (Lipinski definition) is 1. The van der Waals surface area contributed by atoms with E-state index in [4.69, 9.17) is 4.42 Å². The average molecular weight is 344 g/mol. The van der Waals surface area contributed by atoms with Crippen LogP contribution < -0.4 is 5.56 Å². The Morgan fingerprint density at radius 2 is 1.96 bits per heavy atom. The number of fused-ring (bicyclic) bond motifs is 3. The molecule has 0 saturated heterocycles. The van der Waals surface area contributed by atoms with E-state index >= 15 is 0 Å². The zero-order valence-corrected chi connectivity index (χ0v) is 13.0. The number of benzene rings is 2. The van der Waals surface area contributed by atoms with Gasteiger partial charge in [-0.05, 0) is 30.3 Å². The lowest BCUT2D eigenvalue weighted by atomic mass is 10.2. The Bertz CT molecular complexity index is 1120. The van der Waals surface area contributed by atoms with Gasteiger partial charge in [-0.15, -0.1) is 11.8 Å². The second kappa shape index (κ2) is 5.76. The molecule has 2 aromatic heterocycles. The van der Waals surface area contributed by atoms with E-state index in [-0.39, 0.29) is 11.1 Å². The average Bonchev–Trinajstić information content (AvgIpc) is 2.95. The summed E-state index contributed by atoms with van der Waals surface area (Å²) < 4.78 is 31.7. The summed E-state index contributed by atoms with van der Waals surface area (Å²) in [6, 6.07) is 10.9. The van der Waals surface area contributed by atoms with Gasteiger partial charge in [-0.25, -0.2) is 13.8 Å². The van der Waals surface area contributed by atoms with Gasteiger partial charge in [0.1, 0.15) is 16.9 Å². The summed E-state index contributed by atoms with van der Waals surface area (Å²) in [6.07, 6.45) is 0. The highest BCUT2D eigenvalue weighted by atomic mass is 32.2. The van der Waals surface area contributed by atoms with E-state index in [9.17, 15) is 13.6 Å². The number of thioether (sulfide) groups is 1. The van der Waals surface area contributed by atoms with E-state index in [1.54, 1.807) is 6.07 Å². The van der Waals surface area contributed by atoms with E-state index in [0.29, 0.717) is 27.6 Å². The Kier molecular flexibility index (Phi) is 3.57. The van der Waals surface area contributed by atoms with Crippen LogP contribution in [0.5, 0.6) is 0 Å². The van der Waals surface area contributed by atoms with Crippen molar-refractivity contribution >= 4 is 33.8 Å². The predicted molar refractivity (Wildman–Crippen MR) is 88.1 cm³/mol. The van der Waals surface area contributed by atoms with Crippen molar-refractivity contribution in [3.63, 3.8) is 0 Å². The minimum absolute atomic E-state index is 0.178. The molecule has 24 heavy (non-hydrogen) atoms. The Hall–Kier alpha value is -2.67. The largest absolute Gasteiger partial charge is 0.449 e. The van der Waals surface area contributed by atoms with Crippen LogP contribution in [0, 0.1) is 11.6 Å². The molecule has 0 amide bonds. The van der Waals surface area contributed by atoms with Crippen molar-refractivity contribution in [2.24, 2.45) is 0 Å². The van der Waals surface area contributed by atoms with E-state index in [1.165, 1.54) is 17.8 Å². The maximum Gasteiger partial charge on any atom is 0.294 e. The smallest absolute Gasteiger partial charge is 0.294 e. The molecule has 1 N–H and O–H groups in total. The summed E-state index contributed by atoms with van der Waals surface area (Å²) in [7, 11) is 0. The quantitative estimate of drug-likeness (QED) is 0.565. The molecular formula is C17H10F2N2O2S. The van der Waals surface area contributed by atoms with Crippen molar-refractivity contribution < 1.29 is 13.2 Å². The highest BCUT2D eigenvalue weighted by Crippen LogP contribution is 2.26. The van der Waals surface area contributed by atoms with Crippen molar-refractivity contribution in [1.82, 2.24) is 9.97 Å². The molecule has 0 aliphatic heterocycles. The van der Waals surface area contributed by atoms with Crippen LogP contribution in [0.3, 0.4) is 0 Å². The van der Waals surface area contributed by atoms with Crippen LogP contribution in [0.1, 0.15) is 5.82 Å². The first-order valence-corrected chi connectivity index (χ1v) is 8.08. The number of nitrogens with one attached hydrogen (secondary N) is 1. The fourth-order valence-corrected chi connectivity index (χ4v) is 3.23. The van der Waals surface area contributed by atoms with E-state index in [1.807, 2.05) is 18.2 Å². The second-order valence-electron chi connectivity index (χ2n) is 5.15. The number of aromatic nitrogens is 2. The molecule has 0 atom stereocenters. The highest BCUT2D eigenvalue weighted by Gasteiger charge is 2.13. The van der Waals surface area contributed by atoms with Gasteiger partial charge in [-0.3, -0.25) is 4.79 Å². The lowest BCUT2D eigenvalue weighted by Crippen LogP contribution is -2.10. The number of rotatable bonds is 3. The van der Waals surface area contributed by atoms with Crippen LogP contribution in [-0.2, 0) is 5.75 Å². The van der Waals surface area contributed by atoms with Gasteiger partial charge >= 0.3 is 0 Å². The van der Waals surface area contributed by atoms with Gasteiger partial charge < -0.3 is 9.40 Å². The summed E-state index contributed by atoms with van der Waals surface area (Å²) in [6.45, 7) is 0. The number of halogens is 2. The third kappa shape index (κ3) is 2.56. The van der Waals surface area contributed by atoms with Gasteiger partial charge in [0, 0.05) is 10.3 Å². The first-order chi connectivity index (χ1) is 11.6. The highest BCUT2D eigenvalue weighted by molar-refractivity contribution is 7.98. The summed E-state index contributed by atoms with van der Waals surface area (Å²) in [5, 5.41) is 0.762. The molecule has 0 aliphatic rings. The fraction of sp³-hybridized carbons (Fsp3) is 0.0588. The van der Waals surface area contributed by atoms with Crippen molar-refractivity contribution in [2.75, 3.05) is 0 Å². The zero-order chi connectivity index (χ0) is 16.7. The standard InChI is InChI=1S/C17H10F2N2O2S/c18-11-6-5-9(7-12(11)19)24-8-14-20-15-10-3-1-2-4-13(10)23-16(15)17(22)21-14/h1-7H,8H2,(H,20,21,22). The molecule has 2 heterocycles. The molecule has 7 heteroatoms. The molecule has 0 radical (unpaired) electrons. The van der Waals surface area contributed by atoms with E-state index in [2.05, 4.69) is 9.97 Å². The van der Waals surface area contributed by atoms with E-state index in [0.717, 1.165) is 17.5 Å². The minimum atomic E-state index is -0.905. The monoisotopic (exact) mass is 344 g/mol. The number of H-pyrrole nitrogens is 1. The number of furan rings is 1. The second-order valence-corrected chi connectivity index (χ2v) is 6.20. The summed E-state index contributed by atoms with van der Waals surface area (Å²) >= 11 is 1.25. The third-order valence-corrected chi connectivity index (χ3v) is 4.55. The molecule has 0 spiro atoms. The Labute approximate surface area is 138 Å². The van der Waals surface area contributed by atoms with Gasteiger partial charge in [-0.1, -0.05) is 12.1 Å². The maximum atomic E-state index is 13.2. The number of para-hydroxylation sites is 1. The molecule has 0 aliphatic carbocycles. The summed E-state index contributed by atoms with van der Waals surface area (Å²) in [4.78, 5) is 19.8. The van der Waals surface area contributed by atoms with Crippen molar-refractivity contribution in [3.05, 3.63) is 70.3 Å². The molecule has 0 unspecified atom stereocenters. The first-order valence-electron chi connectivity index (χ1n) is 7.10. The van der Waals surface area contributed by atoms with Crippen LogP contribution in [0.25, 0.3) is 22.1 Å². The topological polar surface area (TPSA) is 58.9 Å². The molecule has 4 aromatic rings. The predicted octanol–water partition coefficient (Wildman–Crippen LogP) is 4.24. The van der Waals surface area contributed by atoms with Crippen LogP contribution in [-0.4, -0.2) is 9.97 Å². The van der Waals surface area contributed by atoms with Crippen LogP contribution in [0.2, 0.25) is 0 Å². The van der Waals surface area contributed by atoms with Gasteiger partial charge in [0.05, 0.1) is 5.75 Å². The number of hydrogen-bond acceptors (Lipinski definition) is 4. The summed E-state index contributed by atoms with van der Waals surface area (Å²) in [5.41, 5.74) is 0.904. The SMILES string of the molecule is O=c1[nH]c(CSc2ccc(F)c(F)c2)nc2c1oc1ccccc12. The third-order valence-electron chi connectivity index (χ3n) is 3.55. The summed E-state index contributed by atoms with van der Waals surface area (Å²) in [5.74, 6) is -1.04. The van der Waals surface area contributed by atoms with Gasteiger partial charge in [0.15, 0.2) is 11.6 Å². The molecule has 120 valence electrons. The number of nitrogens with zero attached hydrogens (tertiary/aromatic N) is 1. The maximum absolute atomic E-state index is 13.2. The first kappa shape index (κ1) is 14.9. The van der Waals surface area contributed by atoms with Crippen molar-refractivity contribution in [3.8, 4) is 0 Å². The number of aromatic amines is 1. The normalized spacial score (nSPS) is 11.4. The van der Waals surface area contributed by atoms with Crippen LogP contribution in [0.15, 0.2) is 56.6 Å². The van der Waals surface area contributed by atoms with E-state index < -0.39 is 11.6 Å². The van der Waals surface area contributed by atoms with Crippen LogP contribution in [0.4, 0.5) is 8.78 Å². The molecule has 4 nitrogen and oxygen atoms in total. The lowest BCUT2D eigenvalue weighted by Gasteiger charge is -2.02. The van der Waals surface area contributed by atoms with Gasteiger partial charge in [-0.2, -0.15) is 0 Å². The molecule has 0 saturated carbocycles. The lowest BCUT2D eigenvalue weighted by molar-refractivity contribution is 0.506. The van der Waals surface area contributed by atoms with Gasteiger partial charge in [0.25, 0.3) is 5.56 Å². The molecule has 0 bridgehead atoms. The van der Waals surface area contributed by atoms with Crippen molar-refractivity contribution in [1.29, 1.82) is 0 Å². The van der Waals surface area contributed by atoms with Gasteiger partial charge in [0.2, 0.25) is 5.58 Å². The Balaban J connectivity index is 1.70. The minimum Gasteiger partial charge on any atom is -0.449 e. The zero-order valence-electron chi connectivity index (χ0n) is 12.2. The molecule has 2 aromatic carbocycles. The fourth-order valence-electron chi connectivity index (χ4n) is 2.43.